The molecule has 0 saturated heterocycles. The lowest BCUT2D eigenvalue weighted by atomic mass is 10.0. The van der Waals surface area contributed by atoms with Crippen molar-refractivity contribution in [2.24, 2.45) is 0 Å². The van der Waals surface area contributed by atoms with Crippen LogP contribution < -0.4 is 9.47 Å². The largest absolute Gasteiger partial charge is 0.573 e. The summed E-state index contributed by atoms with van der Waals surface area (Å²) in [5.74, 6) is -12.8. The Kier molecular flexibility index (Phi) is 10.4. The normalized spacial score (nSPS) is 11.9. The molecule has 4 aromatic carbocycles. The fourth-order valence-electron chi connectivity index (χ4n) is 4.37. The zero-order valence-electron chi connectivity index (χ0n) is 23.9. The van der Waals surface area contributed by atoms with E-state index in [1.165, 1.54) is 0 Å². The number of benzene rings is 4. The second-order valence-corrected chi connectivity index (χ2v) is 9.80. The molecule has 15 heteroatoms. The van der Waals surface area contributed by atoms with Crippen LogP contribution >= 0.6 is 0 Å². The predicted octanol–water partition coefficient (Wildman–Crippen LogP) is 10.4. The standard InChI is InChI=1S/C33H17F13O2/c1-2-3-4-5-16-8-25(38)30(26(39)9-16)32(42,43)47-19-14-23(36)29(24(37)15-19)18-12-21(34)20(22(35)13-18)7-6-17-10-27(40)31(28(41)11-17)48-33(44,45)46/h2-3,8-15H,4-5H2,1H3/b3-2+. The molecule has 0 bridgehead atoms. The molecule has 0 radical (unpaired) electrons. The number of ether oxygens (including phenoxy) is 2. The third kappa shape index (κ3) is 8.23. The summed E-state index contributed by atoms with van der Waals surface area (Å²) in [4.78, 5) is 0. The van der Waals surface area contributed by atoms with E-state index in [4.69, 9.17) is 0 Å². The van der Waals surface area contributed by atoms with Crippen molar-refractivity contribution in [3.05, 3.63) is 129 Å². The SMILES string of the molecule is C/C=C/CCc1cc(F)c(C(F)(F)Oc2cc(F)c(-c3cc(F)c(C#Cc4cc(F)c(OC(F)(F)F)c(F)c4)c(F)c3)c(F)c2)c(F)c1. The van der Waals surface area contributed by atoms with Gasteiger partial charge in [0, 0.05) is 17.7 Å². The van der Waals surface area contributed by atoms with E-state index in [9.17, 15) is 57.1 Å². The summed E-state index contributed by atoms with van der Waals surface area (Å²) in [7, 11) is 0. The quantitative estimate of drug-likeness (QED) is 0.104. The monoisotopic (exact) mass is 692 g/mol. The van der Waals surface area contributed by atoms with Crippen molar-refractivity contribution in [3.63, 3.8) is 0 Å². The molecule has 0 fully saturated rings. The summed E-state index contributed by atoms with van der Waals surface area (Å²) in [6, 6.07) is 2.95. The molecule has 0 aliphatic heterocycles. The number of rotatable bonds is 8. The first-order valence-electron chi connectivity index (χ1n) is 13.3. The average molecular weight is 692 g/mol. The van der Waals surface area contributed by atoms with Crippen molar-refractivity contribution in [1.82, 2.24) is 0 Å². The van der Waals surface area contributed by atoms with Crippen LogP contribution in [0.15, 0.2) is 60.7 Å². The van der Waals surface area contributed by atoms with Crippen LogP contribution in [-0.4, -0.2) is 6.36 Å². The van der Waals surface area contributed by atoms with Crippen molar-refractivity contribution in [3.8, 4) is 34.5 Å². The van der Waals surface area contributed by atoms with E-state index in [0.29, 0.717) is 30.7 Å². The van der Waals surface area contributed by atoms with Crippen molar-refractivity contribution < 1.29 is 66.5 Å². The Morgan fingerprint density at radius 2 is 1.17 bits per heavy atom. The molecule has 0 aliphatic carbocycles. The summed E-state index contributed by atoms with van der Waals surface area (Å²) in [5, 5.41) is 0. The smallest absolute Gasteiger partial charge is 0.429 e. The highest BCUT2D eigenvalue weighted by molar-refractivity contribution is 5.67. The first kappa shape index (κ1) is 35.7. The Hall–Kier alpha value is -5.13. The van der Waals surface area contributed by atoms with E-state index >= 15 is 0 Å². The van der Waals surface area contributed by atoms with Gasteiger partial charge in [-0.3, -0.25) is 0 Å². The molecule has 2 nitrogen and oxygen atoms in total. The zero-order chi connectivity index (χ0) is 35.6. The van der Waals surface area contributed by atoms with E-state index in [2.05, 4.69) is 9.47 Å². The van der Waals surface area contributed by atoms with Crippen LogP contribution in [0.4, 0.5) is 57.1 Å². The molecule has 0 spiro atoms. The first-order chi connectivity index (χ1) is 22.4. The number of alkyl halides is 5. The van der Waals surface area contributed by atoms with Crippen LogP contribution in [0.5, 0.6) is 11.5 Å². The summed E-state index contributed by atoms with van der Waals surface area (Å²) in [6.07, 6.45) is -6.37. The lowest BCUT2D eigenvalue weighted by Gasteiger charge is -2.20. The minimum Gasteiger partial charge on any atom is -0.429 e. The van der Waals surface area contributed by atoms with Gasteiger partial charge in [-0.15, -0.1) is 13.2 Å². The molecule has 4 rings (SSSR count). The molecule has 0 N–H and O–H groups in total. The lowest BCUT2D eigenvalue weighted by molar-refractivity contribution is -0.276. The maximum Gasteiger partial charge on any atom is 0.573 e. The van der Waals surface area contributed by atoms with Gasteiger partial charge in [0.05, 0.1) is 11.1 Å². The molecule has 0 aromatic heterocycles. The van der Waals surface area contributed by atoms with Crippen molar-refractivity contribution in [2.75, 3.05) is 0 Å². The molecule has 48 heavy (non-hydrogen) atoms. The maximum absolute atomic E-state index is 14.9. The third-order valence-electron chi connectivity index (χ3n) is 6.37. The Morgan fingerprint density at radius 3 is 1.67 bits per heavy atom. The summed E-state index contributed by atoms with van der Waals surface area (Å²) >= 11 is 0. The Morgan fingerprint density at radius 1 is 0.625 bits per heavy atom. The molecule has 0 unspecified atom stereocenters. The average Bonchev–Trinajstić information content (AvgIpc) is 2.93. The minimum atomic E-state index is -5.43. The van der Waals surface area contributed by atoms with Crippen LogP contribution in [0.1, 0.15) is 35.6 Å². The molecular formula is C33H17F13O2. The van der Waals surface area contributed by atoms with E-state index in [-0.39, 0.29) is 36.2 Å². The van der Waals surface area contributed by atoms with Crippen LogP contribution in [0.2, 0.25) is 0 Å². The van der Waals surface area contributed by atoms with Gasteiger partial charge < -0.3 is 9.47 Å². The van der Waals surface area contributed by atoms with Crippen molar-refractivity contribution in [1.29, 1.82) is 0 Å². The molecule has 0 amide bonds. The number of hydrogen-bond acceptors (Lipinski definition) is 2. The van der Waals surface area contributed by atoms with Gasteiger partial charge in [-0.25, -0.2) is 35.1 Å². The van der Waals surface area contributed by atoms with E-state index in [1.807, 2.05) is 11.8 Å². The predicted molar refractivity (Wildman–Crippen MR) is 145 cm³/mol. The van der Waals surface area contributed by atoms with Gasteiger partial charge in [-0.05, 0) is 67.3 Å². The topological polar surface area (TPSA) is 18.5 Å². The number of allylic oxidation sites excluding steroid dienone is 2. The van der Waals surface area contributed by atoms with Crippen molar-refractivity contribution in [2.45, 2.75) is 32.2 Å². The summed E-state index contributed by atoms with van der Waals surface area (Å²) in [6.45, 7) is 1.70. The van der Waals surface area contributed by atoms with Crippen LogP contribution in [0.3, 0.4) is 0 Å². The fourth-order valence-corrected chi connectivity index (χ4v) is 4.37. The molecular weight excluding hydrogens is 675 g/mol. The maximum atomic E-state index is 14.9. The number of aryl methyl sites for hydroxylation is 1. The van der Waals surface area contributed by atoms with Gasteiger partial charge in [0.25, 0.3) is 0 Å². The molecule has 0 atom stereocenters. The van der Waals surface area contributed by atoms with Gasteiger partial charge >= 0.3 is 12.5 Å². The van der Waals surface area contributed by atoms with E-state index < -0.39 is 98.3 Å². The minimum absolute atomic E-state index is 0.0527. The second-order valence-electron chi connectivity index (χ2n) is 9.80. The molecule has 0 saturated carbocycles. The molecule has 0 heterocycles. The van der Waals surface area contributed by atoms with Gasteiger partial charge in [-0.2, -0.15) is 8.78 Å². The lowest BCUT2D eigenvalue weighted by Crippen LogP contribution is -2.25. The summed E-state index contributed by atoms with van der Waals surface area (Å²) < 4.78 is 190. The van der Waals surface area contributed by atoms with Crippen molar-refractivity contribution >= 4 is 0 Å². The number of halogens is 13. The van der Waals surface area contributed by atoms with Gasteiger partial charge in [0.15, 0.2) is 11.6 Å². The Bertz CT molecular complexity index is 1860. The molecule has 252 valence electrons. The first-order valence-corrected chi connectivity index (χ1v) is 13.3. The summed E-state index contributed by atoms with van der Waals surface area (Å²) in [5.41, 5.74) is -5.51. The van der Waals surface area contributed by atoms with E-state index in [0.717, 1.165) is 0 Å². The number of hydrogen-bond donors (Lipinski definition) is 0. The second kappa shape index (κ2) is 13.9. The van der Waals surface area contributed by atoms with Crippen LogP contribution in [0.25, 0.3) is 11.1 Å². The third-order valence-corrected chi connectivity index (χ3v) is 6.37. The van der Waals surface area contributed by atoms with Gasteiger partial charge in [-0.1, -0.05) is 24.0 Å². The van der Waals surface area contributed by atoms with E-state index in [1.54, 1.807) is 19.1 Å². The Labute approximate surface area is 263 Å². The van der Waals surface area contributed by atoms with Crippen LogP contribution in [-0.2, 0) is 12.5 Å². The van der Waals surface area contributed by atoms with Gasteiger partial charge in [0.2, 0.25) is 5.75 Å². The van der Waals surface area contributed by atoms with Crippen LogP contribution in [0, 0.1) is 58.4 Å². The highest BCUT2D eigenvalue weighted by Gasteiger charge is 2.41. The van der Waals surface area contributed by atoms with Gasteiger partial charge in [0.1, 0.15) is 46.2 Å². The molecule has 0 aliphatic rings. The highest BCUT2D eigenvalue weighted by atomic mass is 19.4. The fraction of sp³-hybridized carbons (Fsp3) is 0.152. The zero-order valence-corrected chi connectivity index (χ0v) is 23.9. The molecule has 4 aromatic rings. The Balaban J connectivity index is 1.60. The highest BCUT2D eigenvalue weighted by Crippen LogP contribution is 2.38.